The topological polar surface area (TPSA) is 41.9 Å². The number of rotatable bonds is 10. The van der Waals surface area contributed by atoms with E-state index in [9.17, 15) is 35.8 Å². The molecule has 2 aromatic rings. The number of halogens is 7. The van der Waals surface area contributed by atoms with Crippen LogP contribution in [-0.2, 0) is 6.54 Å². The Morgan fingerprint density at radius 2 is 1.57 bits per heavy atom. The Bertz CT molecular complexity index is 949. The minimum absolute atomic E-state index is 0.00134. The SMILES string of the molecule is OC(CN(Cc1cccc(OC(F)(F)C(F)F)c1)c1cccc(OC2CCCCC2)c1)C(F)(F)F. The smallest absolute Gasteiger partial charge is 0.461 e. The summed E-state index contributed by atoms with van der Waals surface area (Å²) in [5, 5.41) is 9.69. The first-order chi connectivity index (χ1) is 16.4. The van der Waals surface area contributed by atoms with Gasteiger partial charge in [0, 0.05) is 18.3 Å². The highest BCUT2D eigenvalue weighted by Gasteiger charge is 2.44. The van der Waals surface area contributed by atoms with Gasteiger partial charge < -0.3 is 19.5 Å². The summed E-state index contributed by atoms with van der Waals surface area (Å²) in [7, 11) is 0. The minimum atomic E-state index is -4.89. The third-order valence-electron chi connectivity index (χ3n) is 5.59. The molecule has 1 aliphatic rings. The van der Waals surface area contributed by atoms with Crippen molar-refractivity contribution < 1.29 is 45.3 Å². The standard InChI is InChI=1S/C24H26F7NO3/c25-22(26)24(30,31)35-20-11-4-6-16(12-20)14-32(15-21(33)23(27,28)29)17-7-5-10-19(13-17)34-18-8-2-1-3-9-18/h4-7,10-13,18,21-22,33H,1-3,8-9,14-15H2. The van der Waals surface area contributed by atoms with Gasteiger partial charge in [0.2, 0.25) is 0 Å². The predicted octanol–water partition coefficient (Wildman–Crippen LogP) is 6.56. The first kappa shape index (κ1) is 26.9. The Kier molecular flexibility index (Phi) is 8.74. The van der Waals surface area contributed by atoms with Crippen molar-refractivity contribution >= 4 is 5.69 Å². The van der Waals surface area contributed by atoms with Crippen LogP contribution in [0.15, 0.2) is 48.5 Å². The molecule has 0 heterocycles. The minimum Gasteiger partial charge on any atom is -0.490 e. The normalized spacial score (nSPS) is 16.3. The van der Waals surface area contributed by atoms with Crippen molar-refractivity contribution in [1.82, 2.24) is 0 Å². The van der Waals surface area contributed by atoms with Crippen LogP contribution in [-0.4, -0.2) is 42.6 Å². The second-order valence-corrected chi connectivity index (χ2v) is 8.43. The van der Waals surface area contributed by atoms with Crippen molar-refractivity contribution in [2.45, 2.75) is 69.6 Å². The molecule has 35 heavy (non-hydrogen) atoms. The number of hydrogen-bond acceptors (Lipinski definition) is 4. The molecule has 11 heteroatoms. The fourth-order valence-corrected chi connectivity index (χ4v) is 3.83. The van der Waals surface area contributed by atoms with Gasteiger partial charge in [0.1, 0.15) is 11.5 Å². The zero-order valence-corrected chi connectivity index (χ0v) is 18.7. The molecule has 1 fully saturated rings. The molecule has 1 atom stereocenters. The summed E-state index contributed by atoms with van der Waals surface area (Å²) in [5.74, 6) is -0.118. The molecule has 3 rings (SSSR count). The van der Waals surface area contributed by atoms with Crippen molar-refractivity contribution in [2.24, 2.45) is 0 Å². The van der Waals surface area contributed by atoms with E-state index in [1.807, 2.05) is 0 Å². The number of nitrogens with zero attached hydrogens (tertiary/aromatic N) is 1. The number of aliphatic hydroxyl groups excluding tert-OH is 1. The molecule has 1 N–H and O–H groups in total. The van der Waals surface area contributed by atoms with Gasteiger partial charge >= 0.3 is 18.7 Å². The van der Waals surface area contributed by atoms with Gasteiger partial charge in [-0.3, -0.25) is 0 Å². The fourth-order valence-electron chi connectivity index (χ4n) is 3.83. The third kappa shape index (κ3) is 7.91. The van der Waals surface area contributed by atoms with Crippen molar-refractivity contribution in [1.29, 1.82) is 0 Å². The van der Waals surface area contributed by atoms with Crippen LogP contribution in [0.1, 0.15) is 37.7 Å². The molecule has 1 aliphatic carbocycles. The Morgan fingerprint density at radius 1 is 0.914 bits per heavy atom. The summed E-state index contributed by atoms with van der Waals surface area (Å²) in [6, 6.07) is 11.1. The van der Waals surface area contributed by atoms with E-state index in [0.717, 1.165) is 44.2 Å². The first-order valence-corrected chi connectivity index (χ1v) is 11.1. The molecule has 0 amide bonds. The maximum Gasteiger partial charge on any atom is 0.461 e. The molecule has 0 aliphatic heterocycles. The molecule has 0 aromatic heterocycles. The second-order valence-electron chi connectivity index (χ2n) is 8.43. The van der Waals surface area contributed by atoms with Gasteiger partial charge in [-0.2, -0.15) is 30.7 Å². The summed E-state index contributed by atoms with van der Waals surface area (Å²) in [4.78, 5) is 1.20. The third-order valence-corrected chi connectivity index (χ3v) is 5.59. The number of hydrogen-bond donors (Lipinski definition) is 1. The van der Waals surface area contributed by atoms with E-state index in [0.29, 0.717) is 11.4 Å². The van der Waals surface area contributed by atoms with Crippen LogP contribution in [0, 0.1) is 0 Å². The molecule has 0 spiro atoms. The highest BCUT2D eigenvalue weighted by Crippen LogP contribution is 2.31. The van der Waals surface area contributed by atoms with Gasteiger partial charge in [-0.1, -0.05) is 24.6 Å². The van der Waals surface area contributed by atoms with Crippen LogP contribution in [0.5, 0.6) is 11.5 Å². The van der Waals surface area contributed by atoms with E-state index in [2.05, 4.69) is 4.74 Å². The summed E-state index contributed by atoms with van der Waals surface area (Å²) in [6.45, 7) is -1.11. The van der Waals surface area contributed by atoms with E-state index < -0.39 is 37.1 Å². The Balaban J connectivity index is 1.83. The van der Waals surface area contributed by atoms with Crippen LogP contribution < -0.4 is 14.4 Å². The predicted molar refractivity (Wildman–Crippen MR) is 115 cm³/mol. The summed E-state index contributed by atoms with van der Waals surface area (Å²) in [5.41, 5.74) is 0.506. The number of aliphatic hydroxyl groups is 1. The maximum absolute atomic E-state index is 13.3. The lowest BCUT2D eigenvalue weighted by Gasteiger charge is -2.29. The average Bonchev–Trinajstić information content (AvgIpc) is 2.79. The van der Waals surface area contributed by atoms with Crippen molar-refractivity contribution in [3.63, 3.8) is 0 Å². The number of benzene rings is 2. The van der Waals surface area contributed by atoms with E-state index >= 15 is 0 Å². The molecular weight excluding hydrogens is 483 g/mol. The summed E-state index contributed by atoms with van der Waals surface area (Å²) >= 11 is 0. The number of anilines is 1. The molecule has 1 saturated carbocycles. The van der Waals surface area contributed by atoms with Crippen LogP contribution in [0.2, 0.25) is 0 Å². The lowest BCUT2D eigenvalue weighted by Crippen LogP contribution is -2.41. The van der Waals surface area contributed by atoms with Gasteiger partial charge in [0.25, 0.3) is 0 Å². The van der Waals surface area contributed by atoms with Gasteiger partial charge in [-0.25, -0.2) is 0 Å². The van der Waals surface area contributed by atoms with Crippen LogP contribution in [0.3, 0.4) is 0 Å². The Hall–Kier alpha value is -2.69. The Labute approximate surface area is 198 Å². The monoisotopic (exact) mass is 509 g/mol. The fraction of sp³-hybridized carbons (Fsp3) is 0.500. The lowest BCUT2D eigenvalue weighted by atomic mass is 9.98. The van der Waals surface area contributed by atoms with Crippen LogP contribution in [0.25, 0.3) is 0 Å². The highest BCUT2D eigenvalue weighted by atomic mass is 19.4. The molecule has 1 unspecified atom stereocenters. The molecule has 4 nitrogen and oxygen atoms in total. The zero-order chi connectivity index (χ0) is 25.6. The van der Waals surface area contributed by atoms with Gasteiger partial charge in [-0.15, -0.1) is 0 Å². The van der Waals surface area contributed by atoms with Crippen molar-refractivity contribution in [3.8, 4) is 11.5 Å². The molecule has 0 saturated heterocycles. The number of ether oxygens (including phenoxy) is 2. The highest BCUT2D eigenvalue weighted by molar-refractivity contribution is 5.51. The van der Waals surface area contributed by atoms with Gasteiger partial charge in [-0.05, 0) is 55.5 Å². The Morgan fingerprint density at radius 3 is 2.23 bits per heavy atom. The quantitative estimate of drug-likeness (QED) is 0.368. The largest absolute Gasteiger partial charge is 0.490 e. The van der Waals surface area contributed by atoms with E-state index in [-0.39, 0.29) is 18.2 Å². The molecule has 0 radical (unpaired) electrons. The lowest BCUT2D eigenvalue weighted by molar-refractivity contribution is -0.253. The van der Waals surface area contributed by atoms with E-state index in [1.54, 1.807) is 18.2 Å². The molecule has 2 aromatic carbocycles. The zero-order valence-electron chi connectivity index (χ0n) is 18.7. The second kappa shape index (κ2) is 11.4. The maximum atomic E-state index is 13.3. The van der Waals surface area contributed by atoms with E-state index in [4.69, 9.17) is 4.74 Å². The average molecular weight is 509 g/mol. The summed E-state index contributed by atoms with van der Waals surface area (Å²) in [6.07, 6.45) is -11.5. The van der Waals surface area contributed by atoms with Gasteiger partial charge in [0.15, 0.2) is 6.10 Å². The van der Waals surface area contributed by atoms with Crippen LogP contribution in [0.4, 0.5) is 36.4 Å². The molecule has 194 valence electrons. The van der Waals surface area contributed by atoms with Gasteiger partial charge in [0.05, 0.1) is 12.6 Å². The first-order valence-electron chi connectivity index (χ1n) is 11.1. The van der Waals surface area contributed by atoms with Crippen molar-refractivity contribution in [2.75, 3.05) is 11.4 Å². The summed E-state index contributed by atoms with van der Waals surface area (Å²) < 4.78 is 101. The van der Waals surface area contributed by atoms with Crippen LogP contribution >= 0.6 is 0 Å². The molecular formula is C24H26F7NO3. The molecule has 0 bridgehead atoms. The van der Waals surface area contributed by atoms with Crippen molar-refractivity contribution in [3.05, 3.63) is 54.1 Å². The number of alkyl halides is 7. The van der Waals surface area contributed by atoms with E-state index in [1.165, 1.54) is 23.1 Å².